The highest BCUT2D eigenvalue weighted by molar-refractivity contribution is 5.46. The standard InChI is InChI=1S/C16H24N2O/c1-12(19)15-9-8-14(11-17-15)18-10-4-6-13-5-2-3-7-16(13)18/h8-9,11-13,16,19H,2-7,10H2,1H3. The molecule has 0 aromatic carbocycles. The first-order valence-corrected chi connectivity index (χ1v) is 7.66. The molecule has 1 saturated heterocycles. The number of aliphatic hydroxyl groups excluding tert-OH is 1. The summed E-state index contributed by atoms with van der Waals surface area (Å²) in [6.45, 7) is 2.93. The summed E-state index contributed by atoms with van der Waals surface area (Å²) in [6, 6.07) is 4.82. The molecule has 0 radical (unpaired) electrons. The van der Waals surface area contributed by atoms with Crippen LogP contribution in [0.15, 0.2) is 18.3 Å². The predicted octanol–water partition coefficient (Wildman–Crippen LogP) is 3.29. The van der Waals surface area contributed by atoms with E-state index in [1.807, 2.05) is 12.3 Å². The molecule has 3 atom stereocenters. The quantitative estimate of drug-likeness (QED) is 0.886. The van der Waals surface area contributed by atoms with Gasteiger partial charge in [-0.25, -0.2) is 0 Å². The summed E-state index contributed by atoms with van der Waals surface area (Å²) in [5.41, 5.74) is 2.00. The zero-order valence-corrected chi connectivity index (χ0v) is 11.8. The lowest BCUT2D eigenvalue weighted by molar-refractivity contribution is 0.194. The van der Waals surface area contributed by atoms with Gasteiger partial charge in [0.25, 0.3) is 0 Å². The number of pyridine rings is 1. The van der Waals surface area contributed by atoms with E-state index in [-0.39, 0.29) is 0 Å². The summed E-state index contributed by atoms with van der Waals surface area (Å²) in [4.78, 5) is 6.96. The fourth-order valence-electron chi connectivity index (χ4n) is 3.76. The number of aliphatic hydroxyl groups is 1. The number of anilines is 1. The number of piperidine rings is 1. The number of rotatable bonds is 2. The fourth-order valence-corrected chi connectivity index (χ4v) is 3.76. The highest BCUT2D eigenvalue weighted by atomic mass is 16.3. The Hall–Kier alpha value is -1.09. The van der Waals surface area contributed by atoms with Gasteiger partial charge >= 0.3 is 0 Å². The number of hydrogen-bond acceptors (Lipinski definition) is 3. The Morgan fingerprint density at radius 2 is 2.00 bits per heavy atom. The van der Waals surface area contributed by atoms with E-state index >= 15 is 0 Å². The van der Waals surface area contributed by atoms with E-state index in [0.717, 1.165) is 24.2 Å². The molecule has 2 fully saturated rings. The summed E-state index contributed by atoms with van der Waals surface area (Å²) in [5.74, 6) is 0.888. The molecule has 19 heavy (non-hydrogen) atoms. The van der Waals surface area contributed by atoms with E-state index in [2.05, 4.69) is 16.0 Å². The van der Waals surface area contributed by atoms with Crippen molar-refractivity contribution in [2.75, 3.05) is 11.4 Å². The lowest BCUT2D eigenvalue weighted by atomic mass is 9.78. The van der Waals surface area contributed by atoms with Crippen molar-refractivity contribution in [2.45, 2.75) is 57.6 Å². The Morgan fingerprint density at radius 3 is 2.74 bits per heavy atom. The highest BCUT2D eigenvalue weighted by Crippen LogP contribution is 2.37. The Morgan fingerprint density at radius 1 is 1.21 bits per heavy atom. The zero-order chi connectivity index (χ0) is 13.2. The molecule has 1 aromatic heterocycles. The minimum absolute atomic E-state index is 0.474. The van der Waals surface area contributed by atoms with Crippen LogP contribution in [0.2, 0.25) is 0 Å². The summed E-state index contributed by atoms with van der Waals surface area (Å²) in [7, 11) is 0. The van der Waals surface area contributed by atoms with Crippen molar-refractivity contribution in [2.24, 2.45) is 5.92 Å². The van der Waals surface area contributed by atoms with E-state index in [1.54, 1.807) is 6.92 Å². The van der Waals surface area contributed by atoms with E-state index in [0.29, 0.717) is 0 Å². The second kappa shape index (κ2) is 5.49. The number of fused-ring (bicyclic) bond motifs is 1. The van der Waals surface area contributed by atoms with Crippen LogP contribution in [0.25, 0.3) is 0 Å². The summed E-state index contributed by atoms with van der Waals surface area (Å²) < 4.78 is 0. The Kier molecular flexibility index (Phi) is 3.74. The molecule has 0 amide bonds. The molecule has 3 heteroatoms. The van der Waals surface area contributed by atoms with Crippen molar-refractivity contribution in [3.8, 4) is 0 Å². The molecule has 3 nitrogen and oxygen atoms in total. The van der Waals surface area contributed by atoms with Crippen molar-refractivity contribution in [3.05, 3.63) is 24.0 Å². The third-order valence-corrected chi connectivity index (χ3v) is 4.77. The van der Waals surface area contributed by atoms with Gasteiger partial charge in [0.2, 0.25) is 0 Å². The Bertz CT molecular complexity index is 413. The largest absolute Gasteiger partial charge is 0.387 e. The molecule has 104 valence electrons. The summed E-state index contributed by atoms with van der Waals surface area (Å²) in [5, 5.41) is 9.54. The van der Waals surface area contributed by atoms with Crippen LogP contribution >= 0.6 is 0 Å². The molecule has 0 spiro atoms. The number of aromatic nitrogens is 1. The maximum Gasteiger partial charge on any atom is 0.0931 e. The molecule has 1 aliphatic carbocycles. The van der Waals surface area contributed by atoms with Gasteiger partial charge in [-0.05, 0) is 50.7 Å². The van der Waals surface area contributed by atoms with Gasteiger partial charge in [-0.3, -0.25) is 4.98 Å². The van der Waals surface area contributed by atoms with Gasteiger partial charge in [0.05, 0.1) is 23.7 Å². The average Bonchev–Trinajstić information content (AvgIpc) is 2.47. The molecule has 2 aliphatic rings. The van der Waals surface area contributed by atoms with Crippen LogP contribution in [0.1, 0.15) is 57.2 Å². The van der Waals surface area contributed by atoms with Crippen LogP contribution in [0, 0.1) is 5.92 Å². The van der Waals surface area contributed by atoms with Crippen molar-refractivity contribution in [3.63, 3.8) is 0 Å². The van der Waals surface area contributed by atoms with Gasteiger partial charge in [-0.1, -0.05) is 12.8 Å². The fraction of sp³-hybridized carbons (Fsp3) is 0.688. The van der Waals surface area contributed by atoms with Crippen molar-refractivity contribution in [1.82, 2.24) is 4.98 Å². The predicted molar refractivity (Wildman–Crippen MR) is 77.2 cm³/mol. The first-order valence-electron chi connectivity index (χ1n) is 7.66. The molecule has 3 rings (SSSR count). The molecular formula is C16H24N2O. The van der Waals surface area contributed by atoms with Crippen molar-refractivity contribution >= 4 is 5.69 Å². The van der Waals surface area contributed by atoms with Crippen LogP contribution in [0.3, 0.4) is 0 Å². The van der Waals surface area contributed by atoms with Crippen LogP contribution in [0.4, 0.5) is 5.69 Å². The monoisotopic (exact) mass is 260 g/mol. The molecule has 1 N–H and O–H groups in total. The second-order valence-corrected chi connectivity index (χ2v) is 6.06. The van der Waals surface area contributed by atoms with Gasteiger partial charge in [0.1, 0.15) is 0 Å². The molecule has 2 heterocycles. The summed E-state index contributed by atoms with van der Waals surface area (Å²) >= 11 is 0. The average molecular weight is 260 g/mol. The van der Waals surface area contributed by atoms with Gasteiger partial charge in [0.15, 0.2) is 0 Å². The third kappa shape index (κ3) is 2.62. The first kappa shape index (κ1) is 12.9. The number of hydrogen-bond donors (Lipinski definition) is 1. The molecule has 1 saturated carbocycles. The Labute approximate surface area is 115 Å². The van der Waals surface area contributed by atoms with Crippen LogP contribution in [0.5, 0.6) is 0 Å². The van der Waals surface area contributed by atoms with Gasteiger partial charge < -0.3 is 10.0 Å². The van der Waals surface area contributed by atoms with Crippen molar-refractivity contribution < 1.29 is 5.11 Å². The topological polar surface area (TPSA) is 36.4 Å². The first-order chi connectivity index (χ1) is 9.25. The van der Waals surface area contributed by atoms with Gasteiger partial charge in [-0.15, -0.1) is 0 Å². The minimum Gasteiger partial charge on any atom is -0.387 e. The SMILES string of the molecule is CC(O)c1ccc(N2CCCC3CCCCC32)cn1. The van der Waals surface area contributed by atoms with Crippen LogP contribution in [-0.2, 0) is 0 Å². The van der Waals surface area contributed by atoms with Crippen LogP contribution in [-0.4, -0.2) is 22.7 Å². The zero-order valence-electron chi connectivity index (χ0n) is 11.8. The molecule has 0 bridgehead atoms. The van der Waals surface area contributed by atoms with E-state index in [1.165, 1.54) is 44.2 Å². The number of nitrogens with zero attached hydrogens (tertiary/aromatic N) is 2. The lowest BCUT2D eigenvalue weighted by Gasteiger charge is -2.45. The summed E-state index contributed by atoms with van der Waals surface area (Å²) in [6.07, 6.45) is 9.70. The van der Waals surface area contributed by atoms with E-state index in [9.17, 15) is 5.11 Å². The maximum atomic E-state index is 9.54. The third-order valence-electron chi connectivity index (χ3n) is 4.77. The van der Waals surface area contributed by atoms with Gasteiger partial charge in [-0.2, -0.15) is 0 Å². The van der Waals surface area contributed by atoms with Crippen molar-refractivity contribution in [1.29, 1.82) is 0 Å². The van der Waals surface area contributed by atoms with E-state index < -0.39 is 6.10 Å². The van der Waals surface area contributed by atoms with Crippen LogP contribution < -0.4 is 4.90 Å². The Balaban J connectivity index is 1.79. The van der Waals surface area contributed by atoms with E-state index in [4.69, 9.17) is 0 Å². The molecule has 3 unspecified atom stereocenters. The van der Waals surface area contributed by atoms with Gasteiger partial charge in [0, 0.05) is 12.6 Å². The highest BCUT2D eigenvalue weighted by Gasteiger charge is 2.33. The molecule has 1 aromatic rings. The normalized spacial score (nSPS) is 28.8. The minimum atomic E-state index is -0.474. The lowest BCUT2D eigenvalue weighted by Crippen LogP contribution is -2.46. The molecule has 1 aliphatic heterocycles. The second-order valence-electron chi connectivity index (χ2n) is 6.06. The smallest absolute Gasteiger partial charge is 0.0931 e. The maximum absolute atomic E-state index is 9.54. The molecular weight excluding hydrogens is 236 g/mol.